The fourth-order valence-corrected chi connectivity index (χ4v) is 6.63. The van der Waals surface area contributed by atoms with Crippen LogP contribution < -0.4 is 5.19 Å². The molecule has 0 aliphatic rings. The molecule has 3 aromatic carbocycles. The number of pyridine rings is 2. The molecular formula is C37H37FIrN2OSi-2. The number of hydrogen-bond acceptors (Lipinski definition) is 3. The standard InChI is InChI=1S/C20H15FNO.C17H22NSi.Ir/c1-12(2)13-9-10-22-17(11-13)14-5-3-6-15-19-16(21)7-4-8-18(19)23-20(14)15;1-13(2)15-11-16(14-9-7-6-8-10-14)18-12-17(15)19(3,4)5;/h3-4,6-12H,1-2H3;6-9,11-13H,1-5H3;/q2*-1;/i;13D;. The molecule has 6 aromatic rings. The first-order valence-corrected chi connectivity index (χ1v) is 17.8. The fourth-order valence-electron chi connectivity index (χ4n) is 5.05. The van der Waals surface area contributed by atoms with Crippen LogP contribution in [0.25, 0.3) is 44.5 Å². The number of halogens is 1. The molecular weight excluding hydrogens is 728 g/mol. The number of hydrogen-bond donors (Lipinski definition) is 0. The van der Waals surface area contributed by atoms with Crippen LogP contribution in [0, 0.1) is 17.9 Å². The van der Waals surface area contributed by atoms with E-state index >= 15 is 0 Å². The molecule has 0 saturated heterocycles. The van der Waals surface area contributed by atoms with E-state index in [1.165, 1.54) is 16.8 Å². The summed E-state index contributed by atoms with van der Waals surface area (Å²) in [5.41, 5.74) is 6.91. The van der Waals surface area contributed by atoms with Gasteiger partial charge in [-0.2, -0.15) is 0 Å². The van der Waals surface area contributed by atoms with Crippen molar-refractivity contribution in [3.63, 3.8) is 0 Å². The topological polar surface area (TPSA) is 38.9 Å². The summed E-state index contributed by atoms with van der Waals surface area (Å²) >= 11 is 0. The molecule has 0 amide bonds. The molecule has 0 N–H and O–H groups in total. The average molecular weight is 766 g/mol. The third-order valence-corrected chi connectivity index (χ3v) is 9.36. The normalized spacial score (nSPS) is 12.1. The van der Waals surface area contributed by atoms with Crippen molar-refractivity contribution in [1.82, 2.24) is 9.97 Å². The average Bonchev–Trinajstić information content (AvgIpc) is 3.37. The van der Waals surface area contributed by atoms with Crippen molar-refractivity contribution in [3.8, 4) is 22.5 Å². The van der Waals surface area contributed by atoms with E-state index < -0.39 is 14.0 Å². The van der Waals surface area contributed by atoms with Crippen LogP contribution >= 0.6 is 0 Å². The minimum Gasteiger partial charge on any atom is -0.500 e. The first-order valence-electron chi connectivity index (χ1n) is 14.8. The summed E-state index contributed by atoms with van der Waals surface area (Å²) in [5.74, 6) is -0.478. The van der Waals surface area contributed by atoms with Gasteiger partial charge in [0.1, 0.15) is 11.4 Å². The van der Waals surface area contributed by atoms with Crippen molar-refractivity contribution in [2.24, 2.45) is 0 Å². The SMILES string of the molecule is CC(C)c1ccnc(-c2[c-]ccc3c2oc2cccc(F)c23)c1.[2H]C(C)(C)c1cc(-c2[c-]cccc2)ncc1[Si](C)(C)C.[Ir]. The van der Waals surface area contributed by atoms with Gasteiger partial charge in [-0.05, 0) is 46.6 Å². The second-order valence-corrected chi connectivity index (χ2v) is 17.1. The summed E-state index contributed by atoms with van der Waals surface area (Å²) in [5, 5.41) is 2.54. The summed E-state index contributed by atoms with van der Waals surface area (Å²) in [6, 6.07) is 28.9. The number of furan rings is 1. The predicted octanol–water partition coefficient (Wildman–Crippen LogP) is 9.93. The number of aromatic nitrogens is 2. The molecule has 3 heterocycles. The Morgan fingerprint density at radius 3 is 2.35 bits per heavy atom. The predicted molar refractivity (Wildman–Crippen MR) is 175 cm³/mol. The monoisotopic (exact) mass is 766 g/mol. The summed E-state index contributed by atoms with van der Waals surface area (Å²) in [4.78, 5) is 9.06. The molecule has 43 heavy (non-hydrogen) atoms. The van der Waals surface area contributed by atoms with Crippen molar-refractivity contribution >= 4 is 35.2 Å². The molecule has 0 spiro atoms. The fraction of sp³-hybridized carbons (Fsp3) is 0.243. The van der Waals surface area contributed by atoms with E-state index in [1.807, 2.05) is 62.5 Å². The number of fused-ring (bicyclic) bond motifs is 3. The minimum atomic E-state index is -1.50. The quantitative estimate of drug-likeness (QED) is 0.130. The Bertz CT molecular complexity index is 1890. The molecule has 3 nitrogen and oxygen atoms in total. The summed E-state index contributed by atoms with van der Waals surface area (Å²) < 4.78 is 28.5. The summed E-state index contributed by atoms with van der Waals surface area (Å²) in [7, 11) is -1.50. The van der Waals surface area contributed by atoms with Crippen LogP contribution in [0.15, 0.2) is 89.6 Å². The maximum atomic E-state index is 14.2. The van der Waals surface area contributed by atoms with E-state index in [0.29, 0.717) is 22.5 Å². The van der Waals surface area contributed by atoms with Gasteiger partial charge >= 0.3 is 0 Å². The van der Waals surface area contributed by atoms with Gasteiger partial charge in [0.25, 0.3) is 0 Å². The van der Waals surface area contributed by atoms with Gasteiger partial charge in [-0.15, -0.1) is 54.1 Å². The van der Waals surface area contributed by atoms with Crippen molar-refractivity contribution in [2.75, 3.05) is 0 Å². The van der Waals surface area contributed by atoms with Gasteiger partial charge in [0, 0.05) is 39.3 Å². The molecule has 0 fully saturated rings. The van der Waals surface area contributed by atoms with E-state index in [2.05, 4.69) is 61.7 Å². The van der Waals surface area contributed by atoms with E-state index in [0.717, 1.165) is 33.5 Å². The maximum Gasteiger partial charge on any atom is 0.133 e. The molecule has 0 saturated carbocycles. The second-order valence-electron chi connectivity index (χ2n) is 12.1. The number of rotatable bonds is 5. The smallest absolute Gasteiger partial charge is 0.133 e. The molecule has 223 valence electrons. The molecule has 0 aliphatic carbocycles. The first-order chi connectivity index (χ1) is 20.3. The molecule has 0 atom stereocenters. The Hall–Kier alpha value is -3.44. The maximum absolute atomic E-state index is 14.2. The van der Waals surface area contributed by atoms with Crippen molar-refractivity contribution < 1.29 is 30.3 Å². The van der Waals surface area contributed by atoms with Gasteiger partial charge < -0.3 is 14.4 Å². The van der Waals surface area contributed by atoms with E-state index in [-0.39, 0.29) is 25.9 Å². The van der Waals surface area contributed by atoms with Crippen molar-refractivity contribution in [1.29, 1.82) is 0 Å². The number of benzene rings is 3. The van der Waals surface area contributed by atoms with Crippen LogP contribution in [0.1, 0.15) is 52.0 Å². The van der Waals surface area contributed by atoms with Crippen LogP contribution in [0.2, 0.25) is 19.6 Å². The van der Waals surface area contributed by atoms with Crippen molar-refractivity contribution in [3.05, 3.63) is 114 Å². The van der Waals surface area contributed by atoms with Gasteiger partial charge in [-0.3, -0.25) is 0 Å². The van der Waals surface area contributed by atoms with Gasteiger partial charge in [0.05, 0.1) is 13.7 Å². The van der Waals surface area contributed by atoms with Gasteiger partial charge in [-0.25, -0.2) is 4.39 Å². The molecule has 0 unspecified atom stereocenters. The van der Waals surface area contributed by atoms with Crippen LogP contribution in [0.4, 0.5) is 4.39 Å². The first kappa shape index (κ1) is 31.0. The molecule has 0 bridgehead atoms. The molecule has 1 radical (unpaired) electrons. The Morgan fingerprint density at radius 2 is 1.67 bits per heavy atom. The zero-order valence-electron chi connectivity index (χ0n) is 26.7. The molecule has 6 rings (SSSR count). The Morgan fingerprint density at radius 1 is 0.884 bits per heavy atom. The van der Waals surface area contributed by atoms with Crippen molar-refractivity contribution in [2.45, 2.75) is 59.1 Å². The van der Waals surface area contributed by atoms with E-state index in [4.69, 9.17) is 5.79 Å². The Kier molecular flexibility index (Phi) is 9.70. The Labute approximate surface area is 270 Å². The Balaban J connectivity index is 0.000000199. The zero-order chi connectivity index (χ0) is 30.9. The van der Waals surface area contributed by atoms with Gasteiger partial charge in [0.15, 0.2) is 0 Å². The second kappa shape index (κ2) is 13.5. The molecule has 6 heteroatoms. The third kappa shape index (κ3) is 7.04. The molecule has 3 aromatic heterocycles. The van der Waals surface area contributed by atoms with Crippen LogP contribution in [0.5, 0.6) is 0 Å². The van der Waals surface area contributed by atoms with Crippen LogP contribution in [0.3, 0.4) is 0 Å². The van der Waals surface area contributed by atoms with Gasteiger partial charge in [0.2, 0.25) is 0 Å². The largest absolute Gasteiger partial charge is 0.500 e. The van der Waals surface area contributed by atoms with E-state index in [9.17, 15) is 4.39 Å². The zero-order valence-corrected chi connectivity index (χ0v) is 29.1. The third-order valence-electron chi connectivity index (χ3n) is 7.35. The van der Waals surface area contributed by atoms with Gasteiger partial charge in [-0.1, -0.05) is 87.6 Å². The van der Waals surface area contributed by atoms with Crippen LogP contribution in [-0.2, 0) is 20.1 Å². The van der Waals surface area contributed by atoms with Crippen LogP contribution in [-0.4, -0.2) is 18.0 Å². The summed E-state index contributed by atoms with van der Waals surface area (Å²) in [6.07, 6.45) is 3.77. The molecule has 0 aliphatic heterocycles. The van der Waals surface area contributed by atoms with E-state index in [1.54, 1.807) is 24.4 Å². The number of nitrogens with zero attached hydrogens (tertiary/aromatic N) is 2. The minimum absolute atomic E-state index is 0. The summed E-state index contributed by atoms with van der Waals surface area (Å²) in [6.45, 7) is 15.1.